The smallest absolute Gasteiger partial charge is 0.335 e. The number of halogens is 1. The molecule has 5 nitrogen and oxygen atoms in total. The molecule has 1 saturated heterocycles. The average molecular weight is 363 g/mol. The number of rotatable bonds is 3. The minimum absolute atomic E-state index is 0.0342. The fourth-order valence-electron chi connectivity index (χ4n) is 2.24. The molecular weight excluding hydrogens is 348 g/mol. The Morgan fingerprint density at radius 2 is 1.95 bits per heavy atom. The standard InChI is InChI=1S/C13H15BrO5S/c1-8-11(14)6-9(13(15)16)7-12(8)20(17,18)10-2-4-19-5-3-10/h6-7,10H,2-5H2,1H3,(H,15,16). The molecule has 0 aliphatic carbocycles. The number of aromatic carboxylic acids is 1. The summed E-state index contributed by atoms with van der Waals surface area (Å²) in [6, 6.07) is 2.66. The third-order valence-electron chi connectivity index (χ3n) is 3.46. The van der Waals surface area contributed by atoms with Gasteiger partial charge in [-0.15, -0.1) is 0 Å². The summed E-state index contributed by atoms with van der Waals surface area (Å²) in [4.78, 5) is 11.2. The Balaban J connectivity index is 2.52. The predicted molar refractivity (Wildman–Crippen MR) is 76.9 cm³/mol. The molecule has 1 aromatic rings. The van der Waals surface area contributed by atoms with E-state index in [2.05, 4.69) is 15.9 Å². The van der Waals surface area contributed by atoms with E-state index in [-0.39, 0.29) is 10.5 Å². The first-order valence-corrected chi connectivity index (χ1v) is 8.53. The van der Waals surface area contributed by atoms with Crippen LogP contribution in [-0.4, -0.2) is 38.0 Å². The van der Waals surface area contributed by atoms with Gasteiger partial charge in [0.05, 0.1) is 15.7 Å². The molecule has 1 aromatic carbocycles. The van der Waals surface area contributed by atoms with Crippen molar-refractivity contribution in [3.63, 3.8) is 0 Å². The first-order chi connectivity index (χ1) is 9.34. The Morgan fingerprint density at radius 3 is 2.50 bits per heavy atom. The van der Waals surface area contributed by atoms with Gasteiger partial charge in [0.25, 0.3) is 0 Å². The predicted octanol–water partition coefficient (Wildman–Crippen LogP) is 2.41. The molecule has 110 valence electrons. The molecule has 0 spiro atoms. The van der Waals surface area contributed by atoms with Crippen molar-refractivity contribution in [2.45, 2.75) is 29.9 Å². The monoisotopic (exact) mass is 362 g/mol. The lowest BCUT2D eigenvalue weighted by atomic mass is 10.1. The zero-order valence-electron chi connectivity index (χ0n) is 10.9. The zero-order chi connectivity index (χ0) is 14.9. The van der Waals surface area contributed by atoms with Gasteiger partial charge in [0.1, 0.15) is 0 Å². The van der Waals surface area contributed by atoms with Gasteiger partial charge in [-0.3, -0.25) is 0 Å². The molecule has 1 heterocycles. The molecule has 0 bridgehead atoms. The van der Waals surface area contributed by atoms with Crippen LogP contribution in [0.2, 0.25) is 0 Å². The van der Waals surface area contributed by atoms with Crippen molar-refractivity contribution in [2.24, 2.45) is 0 Å². The molecule has 0 radical (unpaired) electrons. The lowest BCUT2D eigenvalue weighted by Crippen LogP contribution is -2.29. The second kappa shape index (κ2) is 5.83. The van der Waals surface area contributed by atoms with Crippen LogP contribution in [-0.2, 0) is 14.6 Å². The van der Waals surface area contributed by atoms with E-state index in [1.165, 1.54) is 12.1 Å². The van der Waals surface area contributed by atoms with Crippen molar-refractivity contribution in [1.29, 1.82) is 0 Å². The highest BCUT2D eigenvalue weighted by atomic mass is 79.9. The van der Waals surface area contributed by atoms with Gasteiger partial charge in [-0.05, 0) is 37.5 Å². The molecule has 2 rings (SSSR count). The summed E-state index contributed by atoms with van der Waals surface area (Å²) < 4.78 is 31.0. The van der Waals surface area contributed by atoms with Gasteiger partial charge < -0.3 is 9.84 Å². The van der Waals surface area contributed by atoms with E-state index in [0.717, 1.165) is 0 Å². The minimum atomic E-state index is -3.54. The molecule has 0 amide bonds. The van der Waals surface area contributed by atoms with Crippen LogP contribution in [0, 0.1) is 6.92 Å². The molecular formula is C13H15BrO5S. The van der Waals surface area contributed by atoms with Crippen molar-refractivity contribution < 1.29 is 23.1 Å². The van der Waals surface area contributed by atoms with Crippen LogP contribution >= 0.6 is 15.9 Å². The Bertz CT molecular complexity index is 632. The Morgan fingerprint density at radius 1 is 1.35 bits per heavy atom. The lowest BCUT2D eigenvalue weighted by molar-refractivity contribution is 0.0696. The van der Waals surface area contributed by atoms with Crippen LogP contribution in [0.1, 0.15) is 28.8 Å². The third-order valence-corrected chi connectivity index (χ3v) is 6.67. The van der Waals surface area contributed by atoms with Crippen molar-refractivity contribution >= 4 is 31.7 Å². The van der Waals surface area contributed by atoms with E-state index in [4.69, 9.17) is 9.84 Å². The fraction of sp³-hybridized carbons (Fsp3) is 0.462. The van der Waals surface area contributed by atoms with Crippen LogP contribution in [0.4, 0.5) is 0 Å². The van der Waals surface area contributed by atoms with Crippen molar-refractivity contribution in [2.75, 3.05) is 13.2 Å². The SMILES string of the molecule is Cc1c(Br)cc(C(=O)O)cc1S(=O)(=O)C1CCOCC1. The van der Waals surface area contributed by atoms with E-state index in [9.17, 15) is 13.2 Å². The Hall–Kier alpha value is -0.920. The lowest BCUT2D eigenvalue weighted by Gasteiger charge is -2.23. The van der Waals surface area contributed by atoms with Crippen LogP contribution in [0.5, 0.6) is 0 Å². The summed E-state index contributed by atoms with van der Waals surface area (Å²) in [5.41, 5.74) is 0.509. The molecule has 0 atom stereocenters. The maximum atomic E-state index is 12.7. The number of sulfone groups is 1. The van der Waals surface area contributed by atoms with Gasteiger partial charge in [0.2, 0.25) is 0 Å². The minimum Gasteiger partial charge on any atom is -0.478 e. The third kappa shape index (κ3) is 2.89. The van der Waals surface area contributed by atoms with Crippen LogP contribution in [0.25, 0.3) is 0 Å². The Labute approximate surface area is 126 Å². The Kier molecular flexibility index (Phi) is 4.51. The summed E-state index contributed by atoms with van der Waals surface area (Å²) in [6.07, 6.45) is 0.882. The number of ether oxygens (including phenoxy) is 1. The molecule has 0 unspecified atom stereocenters. The molecule has 20 heavy (non-hydrogen) atoms. The zero-order valence-corrected chi connectivity index (χ0v) is 13.3. The van der Waals surface area contributed by atoms with Crippen molar-refractivity contribution in [3.8, 4) is 0 Å². The van der Waals surface area contributed by atoms with Crippen LogP contribution in [0.15, 0.2) is 21.5 Å². The van der Waals surface area contributed by atoms with Gasteiger partial charge in [-0.2, -0.15) is 0 Å². The van der Waals surface area contributed by atoms with Gasteiger partial charge in [-0.25, -0.2) is 13.2 Å². The number of carboxylic acids is 1. The quantitative estimate of drug-likeness (QED) is 0.892. The van der Waals surface area contributed by atoms with Crippen molar-refractivity contribution in [1.82, 2.24) is 0 Å². The highest BCUT2D eigenvalue weighted by Crippen LogP contribution is 2.31. The normalized spacial score (nSPS) is 17.1. The van der Waals surface area contributed by atoms with Gasteiger partial charge >= 0.3 is 5.97 Å². The first kappa shape index (κ1) is 15.5. The van der Waals surface area contributed by atoms with Crippen molar-refractivity contribution in [3.05, 3.63) is 27.7 Å². The average Bonchev–Trinajstić information content (AvgIpc) is 2.42. The summed E-state index contributed by atoms with van der Waals surface area (Å²) in [7, 11) is -3.54. The number of hydrogen-bond donors (Lipinski definition) is 1. The van der Waals surface area contributed by atoms with Gasteiger partial charge in [0.15, 0.2) is 9.84 Å². The molecule has 0 saturated carbocycles. The van der Waals surface area contributed by atoms with E-state index >= 15 is 0 Å². The second-order valence-corrected chi connectivity index (χ2v) is 7.79. The molecule has 1 fully saturated rings. The number of benzene rings is 1. The first-order valence-electron chi connectivity index (χ1n) is 6.19. The van der Waals surface area contributed by atoms with Gasteiger partial charge in [-0.1, -0.05) is 15.9 Å². The highest BCUT2D eigenvalue weighted by Gasteiger charge is 2.31. The molecule has 0 aromatic heterocycles. The van der Waals surface area contributed by atoms with Gasteiger partial charge in [0, 0.05) is 17.7 Å². The molecule has 7 heteroatoms. The molecule has 1 aliphatic rings. The maximum absolute atomic E-state index is 12.7. The molecule has 1 aliphatic heterocycles. The van der Waals surface area contributed by atoms with E-state index in [0.29, 0.717) is 36.1 Å². The number of carboxylic acid groups (broad SMARTS) is 1. The topological polar surface area (TPSA) is 80.7 Å². The fourth-order valence-corrected chi connectivity index (χ4v) is 4.83. The maximum Gasteiger partial charge on any atom is 0.335 e. The summed E-state index contributed by atoms with van der Waals surface area (Å²) >= 11 is 3.23. The van der Waals surface area contributed by atoms with Crippen LogP contribution < -0.4 is 0 Å². The summed E-state index contributed by atoms with van der Waals surface area (Å²) in [6.45, 7) is 2.51. The summed E-state index contributed by atoms with van der Waals surface area (Å²) in [5, 5.41) is 8.56. The number of carbonyl (C=O) groups is 1. The van der Waals surface area contributed by atoms with E-state index < -0.39 is 21.1 Å². The largest absolute Gasteiger partial charge is 0.478 e. The molecule has 1 N–H and O–H groups in total. The van der Waals surface area contributed by atoms with E-state index in [1.807, 2.05) is 0 Å². The second-order valence-electron chi connectivity index (χ2n) is 4.74. The number of hydrogen-bond acceptors (Lipinski definition) is 4. The van der Waals surface area contributed by atoms with Crippen LogP contribution in [0.3, 0.4) is 0 Å². The highest BCUT2D eigenvalue weighted by molar-refractivity contribution is 9.10. The summed E-state index contributed by atoms with van der Waals surface area (Å²) in [5.74, 6) is -1.14. The van der Waals surface area contributed by atoms with E-state index in [1.54, 1.807) is 6.92 Å².